The molecule has 0 aliphatic heterocycles. The monoisotopic (exact) mass is 380 g/mol. The highest BCUT2D eigenvalue weighted by atomic mass is 16.5. The van der Waals surface area contributed by atoms with E-state index in [1.165, 1.54) is 21.1 Å². The van der Waals surface area contributed by atoms with E-state index in [-0.39, 0.29) is 31.0 Å². The number of Topliss-reactive ketones (excluding diaryl/α,β-unsaturated/α-hetero) is 2. The van der Waals surface area contributed by atoms with E-state index in [1.54, 1.807) is 13.2 Å². The number of aryl methyl sites for hydroxylation is 1. The van der Waals surface area contributed by atoms with Gasteiger partial charge < -0.3 is 25.3 Å². The van der Waals surface area contributed by atoms with Crippen LogP contribution in [0.1, 0.15) is 25.3 Å². The summed E-state index contributed by atoms with van der Waals surface area (Å²) in [6.45, 7) is 1.37. The van der Waals surface area contributed by atoms with E-state index in [0.29, 0.717) is 17.9 Å². The van der Waals surface area contributed by atoms with Gasteiger partial charge in [-0.25, -0.2) is 0 Å². The van der Waals surface area contributed by atoms with Crippen molar-refractivity contribution in [3.8, 4) is 11.5 Å². The molecule has 0 aromatic heterocycles. The second-order valence-corrected chi connectivity index (χ2v) is 6.15. The number of methoxy groups -OCH3 is 3. The maximum atomic E-state index is 12.6. The van der Waals surface area contributed by atoms with Gasteiger partial charge in [0.2, 0.25) is 5.91 Å². The number of ether oxygens (including phenoxy) is 3. The van der Waals surface area contributed by atoms with Gasteiger partial charge in [0.25, 0.3) is 0 Å². The number of amides is 1. The van der Waals surface area contributed by atoms with Crippen LogP contribution in [0, 0.1) is 0 Å². The Morgan fingerprint density at radius 3 is 2.41 bits per heavy atom. The fraction of sp³-hybridized carbons (Fsp3) is 0.526. The van der Waals surface area contributed by atoms with E-state index in [0.717, 1.165) is 5.56 Å². The Bertz CT molecular complexity index is 662. The summed E-state index contributed by atoms with van der Waals surface area (Å²) in [6, 6.07) is 3.61. The van der Waals surface area contributed by atoms with Crippen LogP contribution in [0.4, 0.5) is 0 Å². The van der Waals surface area contributed by atoms with Crippen LogP contribution in [-0.2, 0) is 25.5 Å². The van der Waals surface area contributed by atoms with Gasteiger partial charge in [-0.15, -0.1) is 0 Å². The van der Waals surface area contributed by atoms with Gasteiger partial charge in [-0.2, -0.15) is 0 Å². The molecule has 0 fully saturated rings. The highest BCUT2D eigenvalue weighted by molar-refractivity contribution is 5.93. The molecular formula is C19H28N2O6. The van der Waals surface area contributed by atoms with Crippen LogP contribution in [0.15, 0.2) is 18.2 Å². The van der Waals surface area contributed by atoms with Crippen LogP contribution in [0.25, 0.3) is 0 Å². The SMILES string of the molecule is COC[C@H](NC(=O)[C@@H](N)CC(C)=O)C(=O)CCc1cccc(OC)c1OC. The van der Waals surface area contributed by atoms with E-state index in [9.17, 15) is 14.4 Å². The number of ketones is 2. The van der Waals surface area contributed by atoms with Crippen LogP contribution in [-0.4, -0.2) is 57.5 Å². The van der Waals surface area contributed by atoms with Crippen molar-refractivity contribution in [2.24, 2.45) is 5.73 Å². The van der Waals surface area contributed by atoms with Crippen molar-refractivity contribution >= 4 is 17.5 Å². The third-order valence-electron chi connectivity index (χ3n) is 4.01. The largest absolute Gasteiger partial charge is 0.493 e. The first-order valence-corrected chi connectivity index (χ1v) is 8.60. The molecule has 0 bridgehead atoms. The maximum Gasteiger partial charge on any atom is 0.238 e. The van der Waals surface area contributed by atoms with Gasteiger partial charge in [0.05, 0.1) is 26.9 Å². The first kappa shape index (κ1) is 22.6. The predicted molar refractivity (Wildman–Crippen MR) is 100.0 cm³/mol. The molecule has 0 spiro atoms. The number of rotatable bonds is 12. The van der Waals surface area contributed by atoms with E-state index in [4.69, 9.17) is 19.9 Å². The Morgan fingerprint density at radius 1 is 1.15 bits per heavy atom. The number of carbonyl (C=O) groups is 3. The summed E-state index contributed by atoms with van der Waals surface area (Å²) < 4.78 is 15.6. The summed E-state index contributed by atoms with van der Waals surface area (Å²) in [7, 11) is 4.52. The average Bonchev–Trinajstić information content (AvgIpc) is 2.64. The molecule has 1 rings (SSSR count). The van der Waals surface area contributed by atoms with Crippen LogP contribution in [0.2, 0.25) is 0 Å². The Balaban J connectivity index is 2.76. The highest BCUT2D eigenvalue weighted by Crippen LogP contribution is 2.31. The highest BCUT2D eigenvalue weighted by Gasteiger charge is 2.24. The molecule has 0 aliphatic rings. The molecule has 8 nitrogen and oxygen atoms in total. The summed E-state index contributed by atoms with van der Waals surface area (Å²) in [5.41, 5.74) is 6.50. The van der Waals surface area contributed by atoms with Gasteiger partial charge in [-0.3, -0.25) is 14.4 Å². The van der Waals surface area contributed by atoms with E-state index < -0.39 is 18.0 Å². The standard InChI is InChI=1S/C19H28N2O6/c1-12(22)10-14(20)19(24)21-15(11-25-2)16(23)9-8-13-6-5-7-17(26-3)18(13)27-4/h5-7,14-15H,8-11,20H2,1-4H3,(H,21,24)/t14-,15-/m0/s1. The zero-order valence-corrected chi connectivity index (χ0v) is 16.2. The predicted octanol–water partition coefficient (Wildman–Crippen LogP) is 0.643. The quantitative estimate of drug-likeness (QED) is 0.546. The Hall–Kier alpha value is -2.45. The fourth-order valence-electron chi connectivity index (χ4n) is 2.65. The molecule has 0 radical (unpaired) electrons. The minimum absolute atomic E-state index is 0.0204. The van der Waals surface area contributed by atoms with Gasteiger partial charge in [0, 0.05) is 20.0 Å². The third kappa shape index (κ3) is 6.99. The van der Waals surface area contributed by atoms with Crippen molar-refractivity contribution < 1.29 is 28.6 Å². The van der Waals surface area contributed by atoms with Gasteiger partial charge in [0.1, 0.15) is 11.8 Å². The Labute approximate surface area is 159 Å². The number of hydrogen-bond acceptors (Lipinski definition) is 7. The van der Waals surface area contributed by atoms with Crippen molar-refractivity contribution in [2.75, 3.05) is 27.9 Å². The zero-order chi connectivity index (χ0) is 20.4. The van der Waals surface area contributed by atoms with Gasteiger partial charge in [-0.1, -0.05) is 12.1 Å². The number of benzene rings is 1. The summed E-state index contributed by atoms with van der Waals surface area (Å²) in [4.78, 5) is 35.8. The molecule has 0 saturated carbocycles. The lowest BCUT2D eigenvalue weighted by Gasteiger charge is -2.19. The summed E-state index contributed by atoms with van der Waals surface area (Å²) in [6.07, 6.45) is 0.495. The summed E-state index contributed by atoms with van der Waals surface area (Å²) >= 11 is 0. The molecular weight excluding hydrogens is 352 g/mol. The fourth-order valence-corrected chi connectivity index (χ4v) is 2.65. The molecule has 27 heavy (non-hydrogen) atoms. The second kappa shape index (κ2) is 11.3. The molecule has 1 aromatic carbocycles. The van der Waals surface area contributed by atoms with Crippen molar-refractivity contribution in [2.45, 2.75) is 38.3 Å². The maximum absolute atomic E-state index is 12.6. The van der Waals surface area contributed by atoms with Crippen LogP contribution >= 0.6 is 0 Å². The molecule has 8 heteroatoms. The molecule has 0 aliphatic carbocycles. The number of carbonyl (C=O) groups excluding carboxylic acids is 3. The Kier molecular flexibility index (Phi) is 9.46. The van der Waals surface area contributed by atoms with Crippen molar-refractivity contribution in [1.29, 1.82) is 0 Å². The molecule has 0 unspecified atom stereocenters. The normalized spacial score (nSPS) is 12.8. The van der Waals surface area contributed by atoms with E-state index >= 15 is 0 Å². The average molecular weight is 380 g/mol. The van der Waals surface area contributed by atoms with Crippen LogP contribution < -0.4 is 20.5 Å². The van der Waals surface area contributed by atoms with Crippen molar-refractivity contribution in [3.05, 3.63) is 23.8 Å². The first-order chi connectivity index (χ1) is 12.8. The number of nitrogens with two attached hydrogens (primary N) is 1. The van der Waals surface area contributed by atoms with E-state index in [2.05, 4.69) is 5.32 Å². The van der Waals surface area contributed by atoms with Crippen LogP contribution in [0.3, 0.4) is 0 Å². The summed E-state index contributed by atoms with van der Waals surface area (Å²) in [5.74, 6) is 0.199. The Morgan fingerprint density at radius 2 is 1.85 bits per heavy atom. The van der Waals surface area contributed by atoms with Gasteiger partial charge in [0.15, 0.2) is 17.3 Å². The minimum atomic E-state index is -0.992. The molecule has 2 atom stereocenters. The smallest absolute Gasteiger partial charge is 0.238 e. The zero-order valence-electron chi connectivity index (χ0n) is 16.2. The van der Waals surface area contributed by atoms with Gasteiger partial charge in [-0.05, 0) is 25.0 Å². The minimum Gasteiger partial charge on any atom is -0.493 e. The lowest BCUT2D eigenvalue weighted by atomic mass is 10.0. The lowest BCUT2D eigenvalue weighted by Crippen LogP contribution is -2.50. The number of para-hydroxylation sites is 1. The molecule has 1 aromatic rings. The topological polar surface area (TPSA) is 117 Å². The number of hydrogen-bond donors (Lipinski definition) is 2. The first-order valence-electron chi connectivity index (χ1n) is 8.60. The molecule has 1 amide bonds. The number of nitrogens with one attached hydrogen (secondary N) is 1. The second-order valence-electron chi connectivity index (χ2n) is 6.15. The molecule has 0 saturated heterocycles. The van der Waals surface area contributed by atoms with Crippen molar-refractivity contribution in [3.63, 3.8) is 0 Å². The van der Waals surface area contributed by atoms with Crippen LogP contribution in [0.5, 0.6) is 11.5 Å². The molecule has 150 valence electrons. The summed E-state index contributed by atoms with van der Waals surface area (Å²) in [5, 5.41) is 2.56. The third-order valence-corrected chi connectivity index (χ3v) is 4.01. The molecule has 0 heterocycles. The molecule has 3 N–H and O–H groups in total. The lowest BCUT2D eigenvalue weighted by molar-refractivity contribution is -0.130. The van der Waals surface area contributed by atoms with Gasteiger partial charge >= 0.3 is 0 Å². The van der Waals surface area contributed by atoms with Crippen molar-refractivity contribution in [1.82, 2.24) is 5.32 Å². The van der Waals surface area contributed by atoms with E-state index in [1.807, 2.05) is 12.1 Å².